The summed E-state index contributed by atoms with van der Waals surface area (Å²) in [5, 5.41) is 14.2. The first-order valence-corrected chi connectivity index (χ1v) is 7.57. The topological polar surface area (TPSA) is 57.9 Å². The maximum Gasteiger partial charge on any atom is 0.120 e. The smallest absolute Gasteiger partial charge is 0.120 e. The minimum absolute atomic E-state index is 0.473. The number of nitriles is 1. The number of benzene rings is 2. The molecule has 0 aliphatic rings. The lowest BCUT2D eigenvalue weighted by atomic mass is 10.1. The van der Waals surface area contributed by atoms with Crippen molar-refractivity contribution in [1.29, 1.82) is 5.26 Å². The second kappa shape index (κ2) is 6.55. The van der Waals surface area contributed by atoms with E-state index in [0.717, 1.165) is 22.3 Å². The van der Waals surface area contributed by atoms with Crippen LogP contribution >= 0.6 is 11.6 Å². The number of fused-ring (bicyclic) bond motifs is 1. The van der Waals surface area contributed by atoms with Crippen molar-refractivity contribution in [1.82, 2.24) is 4.98 Å². The fourth-order valence-corrected chi connectivity index (χ4v) is 2.45. The van der Waals surface area contributed by atoms with Gasteiger partial charge in [0.15, 0.2) is 0 Å². The van der Waals surface area contributed by atoms with Gasteiger partial charge in [-0.05, 0) is 49.4 Å². The van der Waals surface area contributed by atoms with Crippen LogP contribution in [-0.2, 0) is 0 Å². The highest BCUT2D eigenvalue weighted by molar-refractivity contribution is 6.30. The van der Waals surface area contributed by atoms with Crippen LogP contribution in [-0.4, -0.2) is 11.6 Å². The van der Waals surface area contributed by atoms with Crippen LogP contribution in [0.25, 0.3) is 10.9 Å². The van der Waals surface area contributed by atoms with Gasteiger partial charge in [0.05, 0.1) is 23.4 Å². The number of nitrogens with one attached hydrogen (secondary N) is 1. The maximum absolute atomic E-state index is 9.39. The second-order valence-corrected chi connectivity index (χ2v) is 5.34. The molecule has 0 aliphatic carbocycles. The minimum Gasteiger partial charge on any atom is -0.494 e. The van der Waals surface area contributed by atoms with Crippen molar-refractivity contribution in [2.45, 2.75) is 6.92 Å². The Morgan fingerprint density at radius 3 is 2.70 bits per heavy atom. The number of anilines is 2. The molecule has 0 amide bonds. The first-order valence-electron chi connectivity index (χ1n) is 7.19. The molecule has 23 heavy (non-hydrogen) atoms. The van der Waals surface area contributed by atoms with Crippen LogP contribution in [0.5, 0.6) is 5.75 Å². The van der Waals surface area contributed by atoms with Crippen molar-refractivity contribution >= 4 is 33.9 Å². The zero-order valence-electron chi connectivity index (χ0n) is 12.5. The number of rotatable bonds is 4. The van der Waals surface area contributed by atoms with Crippen molar-refractivity contribution in [3.8, 4) is 11.8 Å². The monoisotopic (exact) mass is 323 g/mol. The van der Waals surface area contributed by atoms with Crippen LogP contribution in [0.3, 0.4) is 0 Å². The summed E-state index contributed by atoms with van der Waals surface area (Å²) >= 11 is 5.92. The Labute approximate surface area is 139 Å². The van der Waals surface area contributed by atoms with Crippen LogP contribution in [0.15, 0.2) is 48.7 Å². The number of hydrogen-bond donors (Lipinski definition) is 1. The maximum atomic E-state index is 9.39. The molecule has 1 aromatic heterocycles. The van der Waals surface area contributed by atoms with Gasteiger partial charge in [-0.1, -0.05) is 11.6 Å². The fraction of sp³-hybridized carbons (Fsp3) is 0.111. The number of pyridine rings is 1. The number of aromatic nitrogens is 1. The van der Waals surface area contributed by atoms with Crippen molar-refractivity contribution in [2.75, 3.05) is 11.9 Å². The highest BCUT2D eigenvalue weighted by atomic mass is 35.5. The zero-order valence-corrected chi connectivity index (χ0v) is 13.3. The van der Waals surface area contributed by atoms with Gasteiger partial charge in [0, 0.05) is 22.3 Å². The number of nitrogens with zero attached hydrogens (tertiary/aromatic N) is 2. The van der Waals surface area contributed by atoms with E-state index >= 15 is 0 Å². The van der Waals surface area contributed by atoms with Crippen LogP contribution in [0.2, 0.25) is 5.02 Å². The predicted octanol–water partition coefficient (Wildman–Crippen LogP) is 4.90. The quantitative estimate of drug-likeness (QED) is 0.741. The highest BCUT2D eigenvalue weighted by Crippen LogP contribution is 2.31. The van der Waals surface area contributed by atoms with E-state index in [1.54, 1.807) is 18.3 Å². The lowest BCUT2D eigenvalue weighted by Crippen LogP contribution is -1.98. The highest BCUT2D eigenvalue weighted by Gasteiger charge is 2.10. The fourth-order valence-electron chi connectivity index (χ4n) is 2.33. The molecule has 0 aliphatic heterocycles. The molecular formula is C18H14ClN3O. The average molecular weight is 324 g/mol. The molecule has 0 atom stereocenters. The average Bonchev–Trinajstić information content (AvgIpc) is 2.57. The molecule has 0 saturated carbocycles. The van der Waals surface area contributed by atoms with Gasteiger partial charge in [-0.2, -0.15) is 5.26 Å². The van der Waals surface area contributed by atoms with Crippen LogP contribution in [0.4, 0.5) is 11.4 Å². The normalized spacial score (nSPS) is 10.3. The molecule has 0 radical (unpaired) electrons. The van der Waals surface area contributed by atoms with Crippen molar-refractivity contribution in [2.24, 2.45) is 0 Å². The van der Waals surface area contributed by atoms with E-state index < -0.39 is 0 Å². The van der Waals surface area contributed by atoms with Gasteiger partial charge in [0.25, 0.3) is 0 Å². The van der Waals surface area contributed by atoms with E-state index in [4.69, 9.17) is 16.3 Å². The standard InChI is InChI=1S/C18H14ClN3O/c1-2-23-15-7-8-17-16(9-15)18(12(10-20)11-21-17)22-14-5-3-13(19)4-6-14/h3-9,11H,2H2,1H3,(H,21,22). The Kier molecular flexibility index (Phi) is 4.31. The van der Waals surface area contributed by atoms with E-state index in [2.05, 4.69) is 16.4 Å². The first kappa shape index (κ1) is 15.1. The first-order chi connectivity index (χ1) is 11.2. The SMILES string of the molecule is CCOc1ccc2ncc(C#N)c(Nc3ccc(Cl)cc3)c2c1. The Morgan fingerprint density at radius 1 is 1.22 bits per heavy atom. The number of halogens is 1. The summed E-state index contributed by atoms with van der Waals surface area (Å²) in [6.07, 6.45) is 1.57. The largest absolute Gasteiger partial charge is 0.494 e. The lowest BCUT2D eigenvalue weighted by Gasteiger charge is -2.12. The van der Waals surface area contributed by atoms with Crippen molar-refractivity contribution < 1.29 is 4.74 Å². The third kappa shape index (κ3) is 3.20. The molecule has 0 bridgehead atoms. The molecule has 0 spiro atoms. The van der Waals surface area contributed by atoms with E-state index in [1.165, 1.54) is 0 Å². The summed E-state index contributed by atoms with van der Waals surface area (Å²) in [6, 6.07) is 15.1. The molecule has 114 valence electrons. The number of ether oxygens (including phenoxy) is 1. The molecule has 5 heteroatoms. The lowest BCUT2D eigenvalue weighted by molar-refractivity contribution is 0.340. The summed E-state index contributed by atoms with van der Waals surface area (Å²) in [6.45, 7) is 2.51. The van der Waals surface area contributed by atoms with Gasteiger partial charge in [0.1, 0.15) is 11.8 Å². The van der Waals surface area contributed by atoms with E-state index in [1.807, 2.05) is 37.3 Å². The summed E-state index contributed by atoms with van der Waals surface area (Å²) in [7, 11) is 0. The van der Waals surface area contributed by atoms with Crippen molar-refractivity contribution in [3.05, 3.63) is 59.2 Å². The Bertz CT molecular complexity index is 885. The third-order valence-corrected chi connectivity index (χ3v) is 3.64. The second-order valence-electron chi connectivity index (χ2n) is 4.90. The molecular weight excluding hydrogens is 310 g/mol. The summed E-state index contributed by atoms with van der Waals surface area (Å²) < 4.78 is 5.55. The Hall–Kier alpha value is -2.77. The molecule has 4 nitrogen and oxygen atoms in total. The van der Waals surface area contributed by atoms with E-state index in [-0.39, 0.29) is 0 Å². The van der Waals surface area contributed by atoms with Crippen LogP contribution < -0.4 is 10.1 Å². The van der Waals surface area contributed by atoms with E-state index in [9.17, 15) is 5.26 Å². The van der Waals surface area contributed by atoms with Gasteiger partial charge in [0.2, 0.25) is 0 Å². The molecule has 3 aromatic rings. The third-order valence-electron chi connectivity index (χ3n) is 3.38. The summed E-state index contributed by atoms with van der Waals surface area (Å²) in [5.74, 6) is 0.746. The van der Waals surface area contributed by atoms with Crippen molar-refractivity contribution in [3.63, 3.8) is 0 Å². The minimum atomic E-state index is 0.473. The molecule has 0 saturated heterocycles. The van der Waals surface area contributed by atoms with Gasteiger partial charge < -0.3 is 10.1 Å². The van der Waals surface area contributed by atoms with Crippen LogP contribution in [0.1, 0.15) is 12.5 Å². The number of hydrogen-bond acceptors (Lipinski definition) is 4. The summed E-state index contributed by atoms with van der Waals surface area (Å²) in [4.78, 5) is 4.33. The van der Waals surface area contributed by atoms with Crippen LogP contribution in [0, 0.1) is 11.3 Å². The molecule has 0 fully saturated rings. The summed E-state index contributed by atoms with van der Waals surface area (Å²) in [5.41, 5.74) is 2.83. The molecule has 1 heterocycles. The van der Waals surface area contributed by atoms with Gasteiger partial charge >= 0.3 is 0 Å². The molecule has 0 unspecified atom stereocenters. The predicted molar refractivity (Wildman–Crippen MR) is 92.4 cm³/mol. The molecule has 1 N–H and O–H groups in total. The Morgan fingerprint density at radius 2 is 2.00 bits per heavy atom. The van der Waals surface area contributed by atoms with E-state index in [0.29, 0.717) is 22.9 Å². The van der Waals surface area contributed by atoms with Gasteiger partial charge in [-0.3, -0.25) is 4.98 Å². The Balaban J connectivity index is 2.13. The zero-order chi connectivity index (χ0) is 16.2. The molecule has 2 aromatic carbocycles. The van der Waals surface area contributed by atoms with Gasteiger partial charge in [-0.25, -0.2) is 0 Å². The molecule has 3 rings (SSSR count). The van der Waals surface area contributed by atoms with Gasteiger partial charge in [-0.15, -0.1) is 0 Å².